The van der Waals surface area contributed by atoms with E-state index in [2.05, 4.69) is 9.97 Å². The summed E-state index contributed by atoms with van der Waals surface area (Å²) in [5, 5.41) is 9.38. The van der Waals surface area contributed by atoms with Gasteiger partial charge >= 0.3 is 5.69 Å². The molecule has 0 spiro atoms. The number of carbonyl (C=O) groups excluding carboxylic acids is 1. The molecule has 0 bridgehead atoms. The minimum atomic E-state index is -0.449. The SMILES string of the molecule is CSc1nc(=O)[nH]c(C)c1C(=O)N(CCCO)C(C)C. The summed E-state index contributed by atoms with van der Waals surface area (Å²) >= 11 is 1.28. The number of aromatic amines is 1. The van der Waals surface area contributed by atoms with E-state index in [9.17, 15) is 9.59 Å². The van der Waals surface area contributed by atoms with E-state index in [0.29, 0.717) is 29.2 Å². The molecule has 20 heavy (non-hydrogen) atoms. The van der Waals surface area contributed by atoms with Crippen LogP contribution in [0.3, 0.4) is 0 Å². The fraction of sp³-hybridized carbons (Fsp3) is 0.615. The summed E-state index contributed by atoms with van der Waals surface area (Å²) in [5.74, 6) is -0.168. The van der Waals surface area contributed by atoms with E-state index >= 15 is 0 Å². The minimum Gasteiger partial charge on any atom is -0.396 e. The van der Waals surface area contributed by atoms with Gasteiger partial charge in [0.2, 0.25) is 0 Å². The van der Waals surface area contributed by atoms with Crippen molar-refractivity contribution in [1.29, 1.82) is 0 Å². The van der Waals surface area contributed by atoms with Crippen LogP contribution in [0.1, 0.15) is 36.3 Å². The molecule has 0 radical (unpaired) electrons. The zero-order valence-electron chi connectivity index (χ0n) is 12.3. The van der Waals surface area contributed by atoms with Crippen LogP contribution in [0.25, 0.3) is 0 Å². The van der Waals surface area contributed by atoms with Crippen molar-refractivity contribution in [3.63, 3.8) is 0 Å². The first-order chi connectivity index (χ1) is 9.42. The van der Waals surface area contributed by atoms with Gasteiger partial charge in [-0.15, -0.1) is 11.8 Å². The first-order valence-electron chi connectivity index (χ1n) is 6.49. The number of H-pyrrole nitrogens is 1. The van der Waals surface area contributed by atoms with Crippen LogP contribution in [0.4, 0.5) is 0 Å². The van der Waals surface area contributed by atoms with Crippen molar-refractivity contribution in [2.75, 3.05) is 19.4 Å². The Morgan fingerprint density at radius 3 is 2.65 bits per heavy atom. The highest BCUT2D eigenvalue weighted by Crippen LogP contribution is 2.21. The lowest BCUT2D eigenvalue weighted by atomic mass is 10.1. The molecule has 2 N–H and O–H groups in total. The molecule has 0 fully saturated rings. The van der Waals surface area contributed by atoms with Crippen LogP contribution >= 0.6 is 11.8 Å². The Balaban J connectivity index is 3.20. The molecule has 1 aromatic rings. The number of hydrogen-bond acceptors (Lipinski definition) is 5. The number of amides is 1. The normalized spacial score (nSPS) is 10.9. The average Bonchev–Trinajstić information content (AvgIpc) is 2.37. The second-order valence-corrected chi connectivity index (χ2v) is 5.52. The Morgan fingerprint density at radius 1 is 1.50 bits per heavy atom. The molecule has 0 aliphatic rings. The van der Waals surface area contributed by atoms with Gasteiger partial charge in [-0.05, 0) is 33.4 Å². The standard InChI is InChI=1S/C13H21N3O3S/c1-8(2)16(6-5-7-17)12(18)10-9(3)14-13(19)15-11(10)20-4/h8,17H,5-7H2,1-4H3,(H,14,15,19). The third-order valence-corrected chi connectivity index (χ3v) is 3.62. The highest BCUT2D eigenvalue weighted by atomic mass is 32.2. The summed E-state index contributed by atoms with van der Waals surface area (Å²) < 4.78 is 0. The predicted octanol–water partition coefficient (Wildman–Crippen LogP) is 1.03. The quantitative estimate of drug-likeness (QED) is 0.605. The smallest absolute Gasteiger partial charge is 0.346 e. The number of nitrogens with one attached hydrogen (secondary N) is 1. The summed E-state index contributed by atoms with van der Waals surface area (Å²) in [6.07, 6.45) is 2.31. The number of aliphatic hydroxyl groups is 1. The number of aryl methyl sites for hydroxylation is 1. The number of thioether (sulfide) groups is 1. The summed E-state index contributed by atoms with van der Waals surface area (Å²) in [6, 6.07) is 0.00934. The van der Waals surface area contributed by atoms with Crippen molar-refractivity contribution in [1.82, 2.24) is 14.9 Å². The lowest BCUT2D eigenvalue weighted by Gasteiger charge is -2.27. The molecule has 0 aliphatic heterocycles. The zero-order valence-corrected chi connectivity index (χ0v) is 13.1. The molecule has 112 valence electrons. The molecule has 1 aromatic heterocycles. The fourth-order valence-corrected chi connectivity index (χ4v) is 2.56. The van der Waals surface area contributed by atoms with Crippen LogP contribution in [0.2, 0.25) is 0 Å². The topological polar surface area (TPSA) is 86.3 Å². The summed E-state index contributed by atoms with van der Waals surface area (Å²) in [7, 11) is 0. The van der Waals surface area contributed by atoms with Gasteiger partial charge in [-0.2, -0.15) is 4.98 Å². The maximum absolute atomic E-state index is 12.7. The Morgan fingerprint density at radius 2 is 2.15 bits per heavy atom. The lowest BCUT2D eigenvalue weighted by molar-refractivity contribution is 0.0687. The second kappa shape index (κ2) is 7.44. The molecule has 6 nitrogen and oxygen atoms in total. The first kappa shape index (κ1) is 16.7. The van der Waals surface area contributed by atoms with E-state index in [1.54, 1.807) is 18.1 Å². The largest absolute Gasteiger partial charge is 0.396 e. The van der Waals surface area contributed by atoms with Gasteiger partial charge in [-0.1, -0.05) is 0 Å². The molecule has 1 rings (SSSR count). The van der Waals surface area contributed by atoms with Crippen LogP contribution in [0.5, 0.6) is 0 Å². The van der Waals surface area contributed by atoms with Crippen LogP contribution < -0.4 is 5.69 Å². The highest BCUT2D eigenvalue weighted by Gasteiger charge is 2.24. The number of rotatable bonds is 6. The second-order valence-electron chi connectivity index (χ2n) is 4.72. The van der Waals surface area contributed by atoms with E-state index in [0.717, 1.165) is 0 Å². The maximum Gasteiger partial charge on any atom is 0.346 e. The summed E-state index contributed by atoms with van der Waals surface area (Å²) in [4.78, 5) is 32.2. The van der Waals surface area contributed by atoms with Crippen LogP contribution in [0, 0.1) is 6.92 Å². The molecular weight excluding hydrogens is 278 g/mol. The molecular formula is C13H21N3O3S. The summed E-state index contributed by atoms with van der Waals surface area (Å²) in [5.41, 5.74) is 0.507. The van der Waals surface area contributed by atoms with E-state index in [4.69, 9.17) is 5.11 Å². The van der Waals surface area contributed by atoms with Crippen molar-refractivity contribution < 1.29 is 9.90 Å². The van der Waals surface area contributed by atoms with Gasteiger partial charge in [-0.25, -0.2) is 4.79 Å². The van der Waals surface area contributed by atoms with Gasteiger partial charge in [0.05, 0.1) is 5.56 Å². The average molecular weight is 299 g/mol. The number of nitrogens with zero attached hydrogens (tertiary/aromatic N) is 2. The Hall–Kier alpha value is -1.34. The number of hydrogen-bond donors (Lipinski definition) is 2. The van der Waals surface area contributed by atoms with E-state index in [1.165, 1.54) is 11.8 Å². The van der Waals surface area contributed by atoms with Crippen LogP contribution in [-0.2, 0) is 0 Å². The molecule has 7 heteroatoms. The lowest BCUT2D eigenvalue weighted by Crippen LogP contribution is -2.39. The van der Waals surface area contributed by atoms with E-state index < -0.39 is 5.69 Å². The number of aliphatic hydroxyl groups excluding tert-OH is 1. The Labute approximate surface area is 122 Å². The molecule has 0 saturated carbocycles. The van der Waals surface area contributed by atoms with Gasteiger partial charge in [-0.3, -0.25) is 4.79 Å². The molecule has 1 heterocycles. The monoisotopic (exact) mass is 299 g/mol. The molecule has 0 saturated heterocycles. The zero-order chi connectivity index (χ0) is 15.3. The maximum atomic E-state index is 12.7. The van der Waals surface area contributed by atoms with Crippen molar-refractivity contribution in [2.45, 2.75) is 38.3 Å². The number of carbonyl (C=O) groups is 1. The van der Waals surface area contributed by atoms with Crippen molar-refractivity contribution in [2.24, 2.45) is 0 Å². The Kier molecular flexibility index (Phi) is 6.22. The number of aromatic nitrogens is 2. The van der Waals surface area contributed by atoms with E-state index in [1.807, 2.05) is 13.8 Å². The third kappa shape index (κ3) is 3.83. The minimum absolute atomic E-state index is 0.00934. The van der Waals surface area contributed by atoms with Crippen LogP contribution in [-0.4, -0.2) is 51.3 Å². The van der Waals surface area contributed by atoms with Crippen molar-refractivity contribution in [3.8, 4) is 0 Å². The highest BCUT2D eigenvalue weighted by molar-refractivity contribution is 7.98. The third-order valence-electron chi connectivity index (χ3n) is 2.93. The van der Waals surface area contributed by atoms with E-state index in [-0.39, 0.29) is 18.6 Å². The molecule has 0 aromatic carbocycles. The van der Waals surface area contributed by atoms with Gasteiger partial charge in [0.25, 0.3) is 5.91 Å². The van der Waals surface area contributed by atoms with Gasteiger partial charge in [0.15, 0.2) is 0 Å². The predicted molar refractivity (Wildman–Crippen MR) is 79.3 cm³/mol. The summed E-state index contributed by atoms with van der Waals surface area (Å²) in [6.45, 7) is 6.04. The molecule has 1 amide bonds. The van der Waals surface area contributed by atoms with Gasteiger partial charge in [0, 0.05) is 24.9 Å². The fourth-order valence-electron chi connectivity index (χ4n) is 1.94. The first-order valence-corrected chi connectivity index (χ1v) is 7.71. The van der Waals surface area contributed by atoms with Crippen LogP contribution in [0.15, 0.2) is 9.82 Å². The molecule has 0 unspecified atom stereocenters. The Bertz CT molecular complexity index is 528. The molecule has 0 aliphatic carbocycles. The van der Waals surface area contributed by atoms with Crippen molar-refractivity contribution >= 4 is 17.7 Å². The van der Waals surface area contributed by atoms with Gasteiger partial charge in [0.1, 0.15) is 5.03 Å². The molecule has 0 atom stereocenters. The van der Waals surface area contributed by atoms with Gasteiger partial charge < -0.3 is 15.0 Å². The van der Waals surface area contributed by atoms with Crippen molar-refractivity contribution in [3.05, 3.63) is 21.7 Å².